The summed E-state index contributed by atoms with van der Waals surface area (Å²) in [7, 11) is 0. The van der Waals surface area contributed by atoms with Gasteiger partial charge in [-0.3, -0.25) is 4.79 Å². The first-order chi connectivity index (χ1) is 14.9. The third kappa shape index (κ3) is 4.93. The molecule has 0 saturated carbocycles. The van der Waals surface area contributed by atoms with Gasteiger partial charge in [0, 0.05) is 37.8 Å². The molecule has 0 bridgehead atoms. The molecule has 160 valence electrons. The van der Waals surface area contributed by atoms with Crippen LogP contribution in [0.4, 0.5) is 19.0 Å². The monoisotopic (exact) mass is 428 g/mol. The van der Waals surface area contributed by atoms with E-state index in [-0.39, 0.29) is 11.5 Å². The number of nitrogens with zero attached hydrogens (tertiary/aromatic N) is 4. The van der Waals surface area contributed by atoms with Crippen molar-refractivity contribution in [1.82, 2.24) is 15.1 Å². The largest absolute Gasteiger partial charge is 0.438 e. The number of alkyl halides is 3. The van der Waals surface area contributed by atoms with E-state index < -0.39 is 11.7 Å². The molecule has 9 heteroatoms. The highest BCUT2D eigenvalue weighted by molar-refractivity contribution is 5.94. The third-order valence-electron chi connectivity index (χ3n) is 4.94. The Morgan fingerprint density at radius 1 is 0.839 bits per heavy atom. The first-order valence-electron chi connectivity index (χ1n) is 9.68. The number of anilines is 1. The number of ether oxygens (including phenoxy) is 1. The lowest BCUT2D eigenvalue weighted by molar-refractivity contribution is -0.137. The molecule has 1 aliphatic rings. The molecule has 31 heavy (non-hydrogen) atoms. The van der Waals surface area contributed by atoms with Crippen LogP contribution in [0.25, 0.3) is 0 Å². The summed E-state index contributed by atoms with van der Waals surface area (Å²) in [6.07, 6.45) is -4.42. The van der Waals surface area contributed by atoms with Crippen LogP contribution < -0.4 is 9.64 Å². The average Bonchev–Trinajstić information content (AvgIpc) is 2.79. The highest BCUT2D eigenvalue weighted by Gasteiger charge is 2.30. The van der Waals surface area contributed by atoms with Gasteiger partial charge in [0.25, 0.3) is 5.91 Å². The van der Waals surface area contributed by atoms with Gasteiger partial charge in [-0.15, -0.1) is 10.2 Å². The van der Waals surface area contributed by atoms with Gasteiger partial charge in [-0.2, -0.15) is 13.2 Å². The highest BCUT2D eigenvalue weighted by atomic mass is 19.4. The van der Waals surface area contributed by atoms with Gasteiger partial charge in [0.05, 0.1) is 5.56 Å². The first-order valence-corrected chi connectivity index (χ1v) is 9.68. The number of piperazine rings is 1. The lowest BCUT2D eigenvalue weighted by atomic mass is 10.1. The fourth-order valence-corrected chi connectivity index (χ4v) is 3.27. The predicted octanol–water partition coefficient (Wildman–Crippen LogP) is 4.25. The Morgan fingerprint density at radius 3 is 2.10 bits per heavy atom. The fourth-order valence-electron chi connectivity index (χ4n) is 3.27. The molecule has 0 atom stereocenters. The van der Waals surface area contributed by atoms with Crippen molar-refractivity contribution < 1.29 is 22.7 Å². The average molecular weight is 428 g/mol. The summed E-state index contributed by atoms with van der Waals surface area (Å²) < 4.78 is 43.7. The fraction of sp³-hybridized carbons (Fsp3) is 0.227. The number of carbonyl (C=O) groups is 1. The Kier molecular flexibility index (Phi) is 5.75. The number of benzene rings is 2. The molecule has 4 rings (SSSR count). The summed E-state index contributed by atoms with van der Waals surface area (Å²) in [5.74, 6) is 1.43. The maximum absolute atomic E-state index is 12.7. The van der Waals surface area contributed by atoms with Crippen LogP contribution in [-0.4, -0.2) is 47.2 Å². The highest BCUT2D eigenvalue weighted by Crippen LogP contribution is 2.29. The Balaban J connectivity index is 1.33. The smallest absolute Gasteiger partial charge is 0.416 e. The van der Waals surface area contributed by atoms with Crippen molar-refractivity contribution in [3.8, 4) is 11.6 Å². The molecule has 2 heterocycles. The number of hydrogen-bond donors (Lipinski definition) is 0. The quantitative estimate of drug-likeness (QED) is 0.622. The van der Waals surface area contributed by atoms with Crippen LogP contribution >= 0.6 is 0 Å². The molecule has 2 aromatic carbocycles. The van der Waals surface area contributed by atoms with Crippen LogP contribution in [0.2, 0.25) is 0 Å². The van der Waals surface area contributed by atoms with E-state index >= 15 is 0 Å². The van der Waals surface area contributed by atoms with E-state index in [1.807, 2.05) is 35.2 Å². The van der Waals surface area contributed by atoms with Crippen LogP contribution in [0.1, 0.15) is 15.9 Å². The zero-order valence-electron chi connectivity index (χ0n) is 16.4. The standard InChI is InChI=1S/C22H19F3N4O2/c23-22(24,25)17-8-6-16(7-9-17)21(30)29-14-12-28(13-15-29)19-10-11-20(27-26-19)31-18-4-2-1-3-5-18/h1-11H,12-15H2. The summed E-state index contributed by atoms with van der Waals surface area (Å²) in [5, 5.41) is 8.29. The molecule has 0 radical (unpaired) electrons. The summed E-state index contributed by atoms with van der Waals surface area (Å²) in [5.41, 5.74) is -0.532. The number of amides is 1. The van der Waals surface area contributed by atoms with Crippen molar-refractivity contribution in [3.05, 3.63) is 77.9 Å². The van der Waals surface area contributed by atoms with Crippen molar-refractivity contribution in [3.63, 3.8) is 0 Å². The van der Waals surface area contributed by atoms with Crippen LogP contribution in [0.15, 0.2) is 66.7 Å². The summed E-state index contributed by atoms with van der Waals surface area (Å²) in [6, 6.07) is 17.1. The number of halogens is 3. The van der Waals surface area contributed by atoms with Crippen molar-refractivity contribution in [2.45, 2.75) is 6.18 Å². The minimum atomic E-state index is -4.42. The zero-order chi connectivity index (χ0) is 21.8. The van der Waals surface area contributed by atoms with Crippen LogP contribution in [0.5, 0.6) is 11.6 Å². The number of rotatable bonds is 4. The van der Waals surface area contributed by atoms with Gasteiger partial charge in [-0.1, -0.05) is 18.2 Å². The van der Waals surface area contributed by atoms with Crippen LogP contribution in [0, 0.1) is 0 Å². The second-order valence-electron chi connectivity index (χ2n) is 7.00. The maximum atomic E-state index is 12.7. The van der Waals surface area contributed by atoms with Gasteiger partial charge in [0.1, 0.15) is 5.75 Å². The molecule has 0 aliphatic carbocycles. The van der Waals surface area contributed by atoms with Crippen LogP contribution in [0.3, 0.4) is 0 Å². The Labute approximate surface area is 176 Å². The van der Waals surface area contributed by atoms with Crippen molar-refractivity contribution >= 4 is 11.7 Å². The third-order valence-corrected chi connectivity index (χ3v) is 4.94. The molecule has 1 aliphatic heterocycles. The number of carbonyl (C=O) groups excluding carboxylic acids is 1. The normalized spacial score (nSPS) is 14.4. The number of aromatic nitrogens is 2. The van der Waals surface area contributed by atoms with E-state index in [1.54, 1.807) is 17.0 Å². The van der Waals surface area contributed by atoms with E-state index in [4.69, 9.17) is 4.74 Å². The van der Waals surface area contributed by atoms with Gasteiger partial charge >= 0.3 is 6.18 Å². The van der Waals surface area contributed by atoms with Gasteiger partial charge in [0.15, 0.2) is 5.82 Å². The van der Waals surface area contributed by atoms with Gasteiger partial charge < -0.3 is 14.5 Å². The SMILES string of the molecule is O=C(c1ccc(C(F)(F)F)cc1)N1CCN(c2ccc(Oc3ccccc3)nn2)CC1. The second kappa shape index (κ2) is 8.63. The molecular weight excluding hydrogens is 409 g/mol. The van der Waals surface area contributed by atoms with Gasteiger partial charge in [-0.25, -0.2) is 0 Å². The minimum Gasteiger partial charge on any atom is -0.438 e. The summed E-state index contributed by atoms with van der Waals surface area (Å²) in [6.45, 7) is 1.95. The van der Waals surface area contributed by atoms with Crippen molar-refractivity contribution in [1.29, 1.82) is 0 Å². The number of para-hydroxylation sites is 1. The predicted molar refractivity (Wildman–Crippen MR) is 108 cm³/mol. The maximum Gasteiger partial charge on any atom is 0.416 e. The topological polar surface area (TPSA) is 58.6 Å². The molecule has 1 saturated heterocycles. The lowest BCUT2D eigenvalue weighted by Crippen LogP contribution is -2.49. The Hall–Kier alpha value is -3.62. The molecule has 0 unspecified atom stereocenters. The summed E-state index contributed by atoms with van der Waals surface area (Å²) >= 11 is 0. The van der Waals surface area contributed by atoms with E-state index in [9.17, 15) is 18.0 Å². The van der Waals surface area contributed by atoms with Gasteiger partial charge in [-0.05, 0) is 42.5 Å². The number of hydrogen-bond acceptors (Lipinski definition) is 5. The molecule has 0 spiro atoms. The molecule has 1 fully saturated rings. The molecular formula is C22H19F3N4O2. The van der Waals surface area contributed by atoms with Crippen molar-refractivity contribution in [2.24, 2.45) is 0 Å². The van der Waals surface area contributed by atoms with Crippen LogP contribution in [-0.2, 0) is 6.18 Å². The van der Waals surface area contributed by atoms with E-state index in [1.165, 1.54) is 12.1 Å². The first kappa shape index (κ1) is 20.6. The Bertz CT molecular complexity index is 1020. The second-order valence-corrected chi connectivity index (χ2v) is 7.00. The lowest BCUT2D eigenvalue weighted by Gasteiger charge is -2.35. The molecule has 6 nitrogen and oxygen atoms in total. The minimum absolute atomic E-state index is 0.239. The molecule has 3 aromatic rings. The zero-order valence-corrected chi connectivity index (χ0v) is 16.4. The molecule has 1 aromatic heterocycles. The van der Waals surface area contributed by atoms with Crippen molar-refractivity contribution in [2.75, 3.05) is 31.1 Å². The Morgan fingerprint density at radius 2 is 1.52 bits per heavy atom. The summed E-state index contributed by atoms with van der Waals surface area (Å²) in [4.78, 5) is 16.2. The molecule has 0 N–H and O–H groups in total. The van der Waals surface area contributed by atoms with E-state index in [0.717, 1.165) is 12.1 Å². The molecule has 1 amide bonds. The van der Waals surface area contributed by atoms with Gasteiger partial charge in [0.2, 0.25) is 5.88 Å². The van der Waals surface area contributed by atoms with E-state index in [0.29, 0.717) is 43.6 Å². The van der Waals surface area contributed by atoms with E-state index in [2.05, 4.69) is 10.2 Å².